The molecule has 0 unspecified atom stereocenters. The highest BCUT2D eigenvalue weighted by atomic mass is 19.1. The quantitative estimate of drug-likeness (QED) is 0.829. The lowest BCUT2D eigenvalue weighted by molar-refractivity contribution is 0.619. The fourth-order valence-corrected chi connectivity index (χ4v) is 1.92. The normalized spacial score (nSPS) is 10.3. The van der Waals surface area contributed by atoms with E-state index in [1.54, 1.807) is 13.0 Å². The van der Waals surface area contributed by atoms with Crippen molar-refractivity contribution in [3.63, 3.8) is 0 Å². The first-order chi connectivity index (χ1) is 8.99. The molecular weight excluding hydrogens is 241 g/mol. The highest BCUT2D eigenvalue weighted by Gasteiger charge is 2.08. The van der Waals surface area contributed by atoms with Crippen LogP contribution in [-0.2, 0) is 0 Å². The number of nitrogens with one attached hydrogen (secondary N) is 1. The highest BCUT2D eigenvalue weighted by Crippen LogP contribution is 2.31. The summed E-state index contributed by atoms with van der Waals surface area (Å²) in [5, 5.41) is 3.26. The number of nitrogens with zero attached hydrogens (tertiary/aromatic N) is 1. The van der Waals surface area contributed by atoms with Gasteiger partial charge in [0.1, 0.15) is 5.82 Å². The second-order valence-corrected chi connectivity index (χ2v) is 4.73. The van der Waals surface area contributed by atoms with Gasteiger partial charge in [-0.3, -0.25) is 0 Å². The van der Waals surface area contributed by atoms with Gasteiger partial charge in [-0.25, -0.2) is 4.39 Å². The molecule has 2 aromatic carbocycles. The molecule has 0 aromatic heterocycles. The molecule has 0 aliphatic heterocycles. The van der Waals surface area contributed by atoms with Gasteiger partial charge in [-0.15, -0.1) is 0 Å². The molecule has 3 N–H and O–H groups in total. The van der Waals surface area contributed by atoms with Crippen LogP contribution < -0.4 is 16.0 Å². The van der Waals surface area contributed by atoms with Crippen molar-refractivity contribution in [1.29, 1.82) is 0 Å². The van der Waals surface area contributed by atoms with Crippen molar-refractivity contribution in [2.45, 2.75) is 6.92 Å². The summed E-state index contributed by atoms with van der Waals surface area (Å²) in [6.07, 6.45) is 0. The van der Waals surface area contributed by atoms with E-state index in [0.717, 1.165) is 11.4 Å². The zero-order chi connectivity index (χ0) is 14.0. The van der Waals surface area contributed by atoms with Crippen LogP contribution in [0.4, 0.5) is 27.1 Å². The maximum Gasteiger partial charge on any atom is 0.128 e. The van der Waals surface area contributed by atoms with Crippen molar-refractivity contribution in [1.82, 2.24) is 0 Å². The number of para-hydroxylation sites is 2. The summed E-state index contributed by atoms with van der Waals surface area (Å²) in [4.78, 5) is 2.01. The minimum Gasteiger partial charge on any atom is -0.397 e. The number of nitrogen functional groups attached to an aromatic ring is 1. The molecule has 0 atom stereocenters. The average molecular weight is 259 g/mol. The molecule has 0 bridgehead atoms. The third kappa shape index (κ3) is 2.78. The van der Waals surface area contributed by atoms with Crippen LogP contribution in [0.3, 0.4) is 0 Å². The summed E-state index contributed by atoms with van der Waals surface area (Å²) in [7, 11) is 3.94. The Morgan fingerprint density at radius 3 is 2.47 bits per heavy atom. The smallest absolute Gasteiger partial charge is 0.128 e. The summed E-state index contributed by atoms with van der Waals surface area (Å²) < 4.78 is 13.4. The molecule has 0 saturated carbocycles. The molecule has 0 saturated heterocycles. The molecule has 3 nitrogen and oxygen atoms in total. The van der Waals surface area contributed by atoms with Crippen molar-refractivity contribution in [2.24, 2.45) is 0 Å². The summed E-state index contributed by atoms with van der Waals surface area (Å²) in [5.41, 5.74) is 9.51. The van der Waals surface area contributed by atoms with Crippen molar-refractivity contribution in [3.05, 3.63) is 47.8 Å². The van der Waals surface area contributed by atoms with Crippen LogP contribution >= 0.6 is 0 Å². The third-order valence-corrected chi connectivity index (χ3v) is 2.99. The molecule has 4 heteroatoms. The maximum absolute atomic E-state index is 13.4. The van der Waals surface area contributed by atoms with E-state index in [4.69, 9.17) is 5.73 Å². The first-order valence-electron chi connectivity index (χ1n) is 6.08. The van der Waals surface area contributed by atoms with E-state index in [9.17, 15) is 4.39 Å². The van der Waals surface area contributed by atoms with Gasteiger partial charge in [-0.05, 0) is 36.8 Å². The number of benzene rings is 2. The van der Waals surface area contributed by atoms with E-state index in [0.29, 0.717) is 16.9 Å². The van der Waals surface area contributed by atoms with E-state index in [1.165, 1.54) is 6.07 Å². The summed E-state index contributed by atoms with van der Waals surface area (Å²) in [5.74, 6) is -0.288. The SMILES string of the molecule is Cc1cc(Nc2ccccc2N(C)C)c(N)cc1F. The monoisotopic (exact) mass is 259 g/mol. The number of nitrogens with two attached hydrogens (primary N) is 1. The van der Waals surface area contributed by atoms with E-state index >= 15 is 0 Å². The largest absolute Gasteiger partial charge is 0.397 e. The van der Waals surface area contributed by atoms with E-state index in [2.05, 4.69) is 5.32 Å². The molecule has 0 radical (unpaired) electrons. The molecule has 100 valence electrons. The second kappa shape index (κ2) is 5.18. The fraction of sp³-hybridized carbons (Fsp3) is 0.200. The molecule has 0 aliphatic carbocycles. The Balaban J connectivity index is 2.39. The fourth-order valence-electron chi connectivity index (χ4n) is 1.92. The van der Waals surface area contributed by atoms with Gasteiger partial charge in [0.15, 0.2) is 0 Å². The van der Waals surface area contributed by atoms with Crippen LogP contribution in [0.5, 0.6) is 0 Å². The van der Waals surface area contributed by atoms with Crippen molar-refractivity contribution in [2.75, 3.05) is 30.0 Å². The Morgan fingerprint density at radius 2 is 1.79 bits per heavy atom. The van der Waals surface area contributed by atoms with Crippen LogP contribution in [-0.4, -0.2) is 14.1 Å². The predicted octanol–water partition coefficient (Wildman–Crippen LogP) is 3.53. The standard InChI is InChI=1S/C15H18FN3/c1-10-8-14(12(17)9-11(10)16)18-13-6-4-5-7-15(13)19(2)3/h4-9,18H,17H2,1-3H3. The second-order valence-electron chi connectivity index (χ2n) is 4.73. The van der Waals surface area contributed by atoms with Crippen LogP contribution in [0.25, 0.3) is 0 Å². The Kier molecular flexibility index (Phi) is 3.60. The minimum atomic E-state index is -0.288. The first-order valence-corrected chi connectivity index (χ1v) is 6.08. The molecule has 0 spiro atoms. The molecule has 0 heterocycles. The lowest BCUT2D eigenvalue weighted by atomic mass is 10.1. The van der Waals surface area contributed by atoms with Gasteiger partial charge in [0.25, 0.3) is 0 Å². The summed E-state index contributed by atoms with van der Waals surface area (Å²) in [6, 6.07) is 11.0. The molecular formula is C15H18FN3. The molecule has 0 aliphatic rings. The molecule has 2 rings (SSSR count). The number of rotatable bonds is 3. The number of halogens is 1. The van der Waals surface area contributed by atoms with Crippen molar-refractivity contribution < 1.29 is 4.39 Å². The van der Waals surface area contributed by atoms with Crippen LogP contribution in [0, 0.1) is 12.7 Å². The Hall–Kier alpha value is -2.23. The van der Waals surface area contributed by atoms with Gasteiger partial charge in [-0.2, -0.15) is 0 Å². The van der Waals surface area contributed by atoms with Gasteiger partial charge in [-0.1, -0.05) is 12.1 Å². The highest BCUT2D eigenvalue weighted by molar-refractivity contribution is 5.80. The topological polar surface area (TPSA) is 41.3 Å². The van der Waals surface area contributed by atoms with Crippen LogP contribution in [0.2, 0.25) is 0 Å². The van der Waals surface area contributed by atoms with E-state index in [1.807, 2.05) is 43.3 Å². The first kappa shape index (κ1) is 13.2. The Labute approximate surface area is 112 Å². The maximum atomic E-state index is 13.4. The molecule has 2 aromatic rings. The van der Waals surface area contributed by atoms with Gasteiger partial charge < -0.3 is 16.0 Å². The van der Waals surface area contributed by atoms with Crippen LogP contribution in [0.15, 0.2) is 36.4 Å². The van der Waals surface area contributed by atoms with Gasteiger partial charge >= 0.3 is 0 Å². The van der Waals surface area contributed by atoms with Crippen LogP contribution in [0.1, 0.15) is 5.56 Å². The Bertz CT molecular complexity index is 594. The Morgan fingerprint density at radius 1 is 1.11 bits per heavy atom. The predicted molar refractivity (Wildman–Crippen MR) is 79.6 cm³/mol. The number of hydrogen-bond donors (Lipinski definition) is 2. The zero-order valence-corrected chi connectivity index (χ0v) is 11.4. The zero-order valence-electron chi connectivity index (χ0n) is 11.4. The number of anilines is 4. The van der Waals surface area contributed by atoms with E-state index in [-0.39, 0.29) is 5.82 Å². The molecule has 0 fully saturated rings. The van der Waals surface area contributed by atoms with E-state index < -0.39 is 0 Å². The summed E-state index contributed by atoms with van der Waals surface area (Å²) in [6.45, 7) is 1.72. The average Bonchev–Trinajstić information content (AvgIpc) is 2.36. The third-order valence-electron chi connectivity index (χ3n) is 2.99. The summed E-state index contributed by atoms with van der Waals surface area (Å²) >= 11 is 0. The van der Waals surface area contributed by atoms with Gasteiger partial charge in [0, 0.05) is 14.1 Å². The number of aryl methyl sites for hydroxylation is 1. The van der Waals surface area contributed by atoms with Gasteiger partial charge in [0.05, 0.1) is 22.7 Å². The van der Waals surface area contributed by atoms with Crippen molar-refractivity contribution in [3.8, 4) is 0 Å². The minimum absolute atomic E-state index is 0.288. The lowest BCUT2D eigenvalue weighted by Gasteiger charge is -2.19. The van der Waals surface area contributed by atoms with Gasteiger partial charge in [0.2, 0.25) is 0 Å². The van der Waals surface area contributed by atoms with Crippen molar-refractivity contribution >= 4 is 22.7 Å². The number of hydrogen-bond acceptors (Lipinski definition) is 3. The molecule has 0 amide bonds. The lowest BCUT2D eigenvalue weighted by Crippen LogP contribution is -2.11. The molecule has 19 heavy (non-hydrogen) atoms.